The third kappa shape index (κ3) is 1.86. The van der Waals surface area contributed by atoms with Gasteiger partial charge in [-0.15, -0.1) is 0 Å². The van der Waals surface area contributed by atoms with Gasteiger partial charge in [-0.25, -0.2) is 4.99 Å². The first-order valence-electron chi connectivity index (χ1n) is 1.71. The van der Waals surface area contributed by atoms with Crippen LogP contribution in [0.15, 0.2) is 17.3 Å². The van der Waals surface area contributed by atoms with Crippen molar-refractivity contribution in [2.24, 2.45) is 4.99 Å². The fraction of sp³-hybridized carbons (Fsp3) is 0.250. The predicted molar refractivity (Wildman–Crippen MR) is 23.6 cm³/mol. The minimum Gasteiger partial charge on any atom is -0.477 e. The second kappa shape index (κ2) is 2.95. The van der Waals surface area contributed by atoms with Crippen molar-refractivity contribution in [3.05, 3.63) is 12.3 Å². The molecule has 0 spiro atoms. The first-order chi connectivity index (χ1) is 2.89. The number of hydrogen-bond donors (Lipinski definition) is 0. The topological polar surface area (TPSA) is 21.6 Å². The summed E-state index contributed by atoms with van der Waals surface area (Å²) in [7, 11) is 0. The van der Waals surface area contributed by atoms with Crippen molar-refractivity contribution in [2.45, 2.75) is 0 Å². The fourth-order valence-electron chi connectivity index (χ4n) is 0.283. The molecule has 0 saturated heterocycles. The van der Waals surface area contributed by atoms with Crippen LogP contribution in [0.2, 0.25) is 0 Å². The van der Waals surface area contributed by atoms with Crippen LogP contribution in [0.5, 0.6) is 0 Å². The molecule has 0 atom stereocenters. The van der Waals surface area contributed by atoms with E-state index < -0.39 is 0 Å². The minimum absolute atomic E-state index is 0. The van der Waals surface area contributed by atoms with E-state index in [2.05, 4.69) is 16.3 Å². The Bertz CT molecular complexity index is 99.9. The first kappa shape index (κ1) is 6.87. The minimum atomic E-state index is 0. The Hall–Kier alpha value is -0.128. The molecule has 0 aromatic heterocycles. The quantitative estimate of drug-likeness (QED) is 0.510. The van der Waals surface area contributed by atoms with Gasteiger partial charge >= 0.3 is 0 Å². The molecule has 1 aliphatic heterocycles. The number of nitrogens with zero attached hydrogens (tertiary/aromatic N) is 1. The SMILES string of the molecule is C=C1COC=N1.[Pd]. The van der Waals surface area contributed by atoms with Crippen molar-refractivity contribution in [3.8, 4) is 0 Å². The number of aliphatic imine (C=N–C) groups is 1. The van der Waals surface area contributed by atoms with Gasteiger partial charge in [0.2, 0.25) is 0 Å². The van der Waals surface area contributed by atoms with Crippen LogP contribution in [0, 0.1) is 0 Å². The van der Waals surface area contributed by atoms with Crippen LogP contribution in [0.4, 0.5) is 0 Å². The Balaban J connectivity index is 0.000000360. The zero-order valence-corrected chi connectivity index (χ0v) is 5.22. The van der Waals surface area contributed by atoms with E-state index in [9.17, 15) is 0 Å². The second-order valence-corrected chi connectivity index (χ2v) is 1.11. The molecule has 0 fully saturated rings. The molecule has 1 rings (SSSR count). The van der Waals surface area contributed by atoms with Crippen LogP contribution in [0.25, 0.3) is 0 Å². The molecule has 0 saturated carbocycles. The largest absolute Gasteiger partial charge is 0.477 e. The van der Waals surface area contributed by atoms with Crippen molar-refractivity contribution in [1.29, 1.82) is 0 Å². The molecule has 0 radical (unpaired) electrons. The summed E-state index contributed by atoms with van der Waals surface area (Å²) in [6, 6.07) is 0. The van der Waals surface area contributed by atoms with E-state index in [1.807, 2.05) is 0 Å². The summed E-state index contributed by atoms with van der Waals surface area (Å²) in [6.45, 7) is 4.10. The molecule has 42 valence electrons. The molecule has 0 amide bonds. The number of hydrogen-bond acceptors (Lipinski definition) is 2. The van der Waals surface area contributed by atoms with E-state index >= 15 is 0 Å². The normalized spacial score (nSPS) is 15.7. The molecule has 0 aromatic rings. The molecule has 0 aliphatic carbocycles. The average molecular weight is 190 g/mol. The maximum absolute atomic E-state index is 4.67. The summed E-state index contributed by atoms with van der Waals surface area (Å²) in [5.41, 5.74) is 0.801. The fourth-order valence-corrected chi connectivity index (χ4v) is 0.283. The van der Waals surface area contributed by atoms with Crippen LogP contribution in [-0.2, 0) is 25.2 Å². The molecular formula is C4H5NOPd. The van der Waals surface area contributed by atoms with Gasteiger partial charge in [-0.1, -0.05) is 6.58 Å². The second-order valence-electron chi connectivity index (χ2n) is 1.11. The summed E-state index contributed by atoms with van der Waals surface area (Å²) in [5.74, 6) is 0. The zero-order valence-electron chi connectivity index (χ0n) is 3.66. The van der Waals surface area contributed by atoms with Gasteiger partial charge < -0.3 is 4.74 Å². The zero-order chi connectivity index (χ0) is 4.41. The Morgan fingerprint density at radius 3 is 2.71 bits per heavy atom. The number of ether oxygens (including phenoxy) is 1. The monoisotopic (exact) mass is 189 g/mol. The molecule has 1 heterocycles. The molecule has 0 N–H and O–H groups in total. The van der Waals surface area contributed by atoms with Crippen LogP contribution in [0.3, 0.4) is 0 Å². The van der Waals surface area contributed by atoms with Gasteiger partial charge in [0.1, 0.15) is 6.61 Å². The summed E-state index contributed by atoms with van der Waals surface area (Å²) >= 11 is 0. The Morgan fingerprint density at radius 1 is 1.86 bits per heavy atom. The number of rotatable bonds is 0. The summed E-state index contributed by atoms with van der Waals surface area (Å²) in [5, 5.41) is 0. The van der Waals surface area contributed by atoms with E-state index in [1.165, 1.54) is 6.40 Å². The van der Waals surface area contributed by atoms with Gasteiger partial charge in [-0.05, 0) is 0 Å². The Labute approximate surface area is 55.9 Å². The third-order valence-corrected chi connectivity index (χ3v) is 0.560. The smallest absolute Gasteiger partial charge is 0.174 e. The van der Waals surface area contributed by atoms with Crippen molar-refractivity contribution in [1.82, 2.24) is 0 Å². The Kier molecular flexibility index (Phi) is 2.90. The van der Waals surface area contributed by atoms with Gasteiger partial charge in [0, 0.05) is 20.4 Å². The maximum Gasteiger partial charge on any atom is 0.174 e. The Morgan fingerprint density at radius 2 is 2.57 bits per heavy atom. The molecular weight excluding hydrogens is 184 g/mol. The molecule has 0 unspecified atom stereocenters. The first-order valence-corrected chi connectivity index (χ1v) is 1.71. The predicted octanol–water partition coefficient (Wildman–Crippen LogP) is 0.556. The third-order valence-electron chi connectivity index (χ3n) is 0.560. The van der Waals surface area contributed by atoms with E-state index in [-0.39, 0.29) is 20.4 Å². The average Bonchev–Trinajstić information content (AvgIpc) is 1.86. The maximum atomic E-state index is 4.67. The summed E-state index contributed by atoms with van der Waals surface area (Å²) < 4.78 is 4.67. The van der Waals surface area contributed by atoms with Crippen molar-refractivity contribution >= 4 is 6.40 Å². The van der Waals surface area contributed by atoms with Gasteiger partial charge in [-0.2, -0.15) is 0 Å². The molecule has 3 heteroatoms. The van der Waals surface area contributed by atoms with Crippen molar-refractivity contribution in [2.75, 3.05) is 6.61 Å². The van der Waals surface area contributed by atoms with Gasteiger partial charge in [0.15, 0.2) is 6.40 Å². The van der Waals surface area contributed by atoms with E-state index in [0.29, 0.717) is 6.61 Å². The molecule has 1 aliphatic rings. The van der Waals surface area contributed by atoms with Crippen LogP contribution >= 0.6 is 0 Å². The van der Waals surface area contributed by atoms with E-state index in [0.717, 1.165) is 5.70 Å². The standard InChI is InChI=1S/C4H5NO.Pd/c1-4-2-6-3-5-4;/h3H,1-2H2;. The van der Waals surface area contributed by atoms with E-state index in [1.54, 1.807) is 0 Å². The molecule has 2 nitrogen and oxygen atoms in total. The van der Waals surface area contributed by atoms with Gasteiger partial charge in [0.25, 0.3) is 0 Å². The van der Waals surface area contributed by atoms with Gasteiger partial charge in [0.05, 0.1) is 5.70 Å². The van der Waals surface area contributed by atoms with Crippen LogP contribution in [-0.4, -0.2) is 13.0 Å². The van der Waals surface area contributed by atoms with Crippen molar-refractivity contribution in [3.63, 3.8) is 0 Å². The van der Waals surface area contributed by atoms with Gasteiger partial charge in [-0.3, -0.25) is 0 Å². The van der Waals surface area contributed by atoms with Crippen LogP contribution < -0.4 is 0 Å². The molecule has 7 heavy (non-hydrogen) atoms. The summed E-state index contributed by atoms with van der Waals surface area (Å²) in [6.07, 6.45) is 1.41. The summed E-state index contributed by atoms with van der Waals surface area (Å²) in [4.78, 5) is 3.69. The van der Waals surface area contributed by atoms with Crippen LogP contribution in [0.1, 0.15) is 0 Å². The molecule has 0 bridgehead atoms. The van der Waals surface area contributed by atoms with E-state index in [4.69, 9.17) is 0 Å². The van der Waals surface area contributed by atoms with Crippen molar-refractivity contribution < 1.29 is 25.2 Å². The molecule has 0 aromatic carbocycles.